The van der Waals surface area contributed by atoms with E-state index in [0.29, 0.717) is 18.1 Å². The summed E-state index contributed by atoms with van der Waals surface area (Å²) < 4.78 is 11.5. The lowest BCUT2D eigenvalue weighted by molar-refractivity contribution is 0.212. The van der Waals surface area contributed by atoms with Crippen molar-refractivity contribution >= 4 is 5.71 Å². The zero-order valence-corrected chi connectivity index (χ0v) is 15.4. The number of nitrogens with zero attached hydrogens (tertiary/aromatic N) is 2. The molecule has 0 bridgehead atoms. The van der Waals surface area contributed by atoms with Crippen LogP contribution < -0.4 is 4.74 Å². The molecule has 134 valence electrons. The van der Waals surface area contributed by atoms with E-state index in [1.54, 1.807) is 0 Å². The molecule has 3 rings (SSSR count). The lowest BCUT2D eigenvalue weighted by Gasteiger charge is -2.13. The highest BCUT2D eigenvalue weighted by Crippen LogP contribution is 2.23. The van der Waals surface area contributed by atoms with Gasteiger partial charge in [-0.15, -0.1) is 0 Å². The molecule has 2 aromatic carbocycles. The van der Waals surface area contributed by atoms with E-state index in [2.05, 4.69) is 29.4 Å². The Kier molecular flexibility index (Phi) is 5.37. The molecule has 0 aliphatic carbocycles. The Hall–Kier alpha value is -3.08. The van der Waals surface area contributed by atoms with E-state index in [-0.39, 0.29) is 0 Å². The Labute approximate surface area is 153 Å². The lowest BCUT2D eigenvalue weighted by atomic mass is 10.0. The molecule has 5 nitrogen and oxygen atoms in total. The number of oxime groups is 1. The van der Waals surface area contributed by atoms with E-state index < -0.39 is 0 Å². The van der Waals surface area contributed by atoms with Gasteiger partial charge in [-0.3, -0.25) is 0 Å². The number of rotatable bonds is 6. The second-order valence-electron chi connectivity index (χ2n) is 6.17. The second kappa shape index (κ2) is 7.87. The van der Waals surface area contributed by atoms with Gasteiger partial charge in [-0.05, 0) is 43.5 Å². The first-order valence-corrected chi connectivity index (χ1v) is 8.41. The van der Waals surface area contributed by atoms with Crippen LogP contribution in [-0.2, 0) is 11.4 Å². The largest absolute Gasteiger partial charge is 0.489 e. The number of ether oxygens (including phenoxy) is 1. The van der Waals surface area contributed by atoms with Crippen LogP contribution in [0.4, 0.5) is 0 Å². The Bertz CT molecular complexity index is 929. The predicted molar refractivity (Wildman–Crippen MR) is 101 cm³/mol. The number of benzene rings is 2. The van der Waals surface area contributed by atoms with Crippen LogP contribution in [0.25, 0.3) is 0 Å². The average molecular weight is 350 g/mol. The first kappa shape index (κ1) is 17.7. The fraction of sp³-hybridized carbons (Fsp3) is 0.238. The van der Waals surface area contributed by atoms with Crippen LogP contribution in [0, 0.1) is 20.8 Å². The first-order chi connectivity index (χ1) is 12.6. The van der Waals surface area contributed by atoms with Crippen LogP contribution in [0.5, 0.6) is 5.75 Å². The minimum absolute atomic E-state index is 0.413. The summed E-state index contributed by atoms with van der Waals surface area (Å²) in [6, 6.07) is 15.9. The monoisotopic (exact) mass is 350 g/mol. The predicted octanol–water partition coefficient (Wildman–Crippen LogP) is 4.58. The Balaban J connectivity index is 1.92. The fourth-order valence-electron chi connectivity index (χ4n) is 2.69. The van der Waals surface area contributed by atoms with Crippen molar-refractivity contribution in [2.75, 3.05) is 7.11 Å². The number of hydrogen-bond acceptors (Lipinski definition) is 5. The van der Waals surface area contributed by atoms with E-state index in [1.165, 1.54) is 7.11 Å². The van der Waals surface area contributed by atoms with Crippen molar-refractivity contribution in [2.24, 2.45) is 5.16 Å². The molecule has 1 heterocycles. The number of aryl methyl sites for hydroxylation is 3. The van der Waals surface area contributed by atoms with E-state index in [0.717, 1.165) is 33.7 Å². The average Bonchev–Trinajstić information content (AvgIpc) is 3.07. The molecule has 0 aliphatic rings. The molecular weight excluding hydrogens is 328 g/mol. The number of hydrogen-bond donors (Lipinski definition) is 0. The maximum Gasteiger partial charge on any atom is 0.189 e. The topological polar surface area (TPSA) is 56.9 Å². The van der Waals surface area contributed by atoms with Crippen molar-refractivity contribution in [1.29, 1.82) is 0 Å². The summed E-state index contributed by atoms with van der Waals surface area (Å²) in [6.07, 6.45) is 0. The van der Waals surface area contributed by atoms with E-state index in [4.69, 9.17) is 14.1 Å². The minimum atomic E-state index is 0.413. The molecule has 5 heteroatoms. The lowest BCUT2D eigenvalue weighted by Crippen LogP contribution is -2.09. The highest BCUT2D eigenvalue weighted by Gasteiger charge is 2.17. The SMILES string of the molecule is CO/N=C(\c1cc(C)no1)c1ccccc1COc1cc(C)ccc1C. The zero-order valence-electron chi connectivity index (χ0n) is 15.4. The van der Waals surface area contributed by atoms with Crippen LogP contribution in [0.1, 0.15) is 33.7 Å². The van der Waals surface area contributed by atoms with Gasteiger partial charge in [-0.2, -0.15) is 0 Å². The Morgan fingerprint density at radius 2 is 1.88 bits per heavy atom. The normalized spacial score (nSPS) is 11.5. The number of aromatic nitrogens is 1. The highest BCUT2D eigenvalue weighted by atomic mass is 16.6. The maximum absolute atomic E-state index is 6.07. The highest BCUT2D eigenvalue weighted by molar-refractivity contribution is 6.11. The van der Waals surface area contributed by atoms with Crippen LogP contribution in [0.15, 0.2) is 58.2 Å². The van der Waals surface area contributed by atoms with Crippen molar-refractivity contribution in [3.8, 4) is 5.75 Å². The van der Waals surface area contributed by atoms with Gasteiger partial charge in [0, 0.05) is 11.6 Å². The van der Waals surface area contributed by atoms with Crippen LogP contribution in [-0.4, -0.2) is 18.0 Å². The molecule has 0 radical (unpaired) electrons. The molecule has 0 aliphatic heterocycles. The summed E-state index contributed by atoms with van der Waals surface area (Å²) >= 11 is 0. The third kappa shape index (κ3) is 3.94. The smallest absolute Gasteiger partial charge is 0.189 e. The van der Waals surface area contributed by atoms with Crippen molar-refractivity contribution in [1.82, 2.24) is 5.16 Å². The summed E-state index contributed by atoms with van der Waals surface area (Å²) in [6.45, 7) is 6.37. The molecule has 1 aromatic heterocycles. The van der Waals surface area contributed by atoms with Gasteiger partial charge in [-0.25, -0.2) is 0 Å². The molecule has 0 N–H and O–H groups in total. The minimum Gasteiger partial charge on any atom is -0.489 e. The molecule has 26 heavy (non-hydrogen) atoms. The molecule has 0 saturated heterocycles. The third-order valence-corrected chi connectivity index (χ3v) is 4.04. The quantitative estimate of drug-likeness (QED) is 0.482. The molecule has 0 unspecified atom stereocenters. The fourth-order valence-corrected chi connectivity index (χ4v) is 2.69. The van der Waals surface area contributed by atoms with Crippen molar-refractivity contribution in [3.63, 3.8) is 0 Å². The van der Waals surface area contributed by atoms with E-state index in [1.807, 2.05) is 50.2 Å². The Morgan fingerprint density at radius 1 is 1.08 bits per heavy atom. The van der Waals surface area contributed by atoms with Gasteiger partial charge in [0.1, 0.15) is 19.5 Å². The second-order valence-corrected chi connectivity index (χ2v) is 6.17. The standard InChI is InChI=1S/C21H22N2O3/c1-14-9-10-15(2)19(11-14)25-13-17-7-5-6-8-18(17)21(23-24-4)20-12-16(3)22-26-20/h5-12H,13H2,1-4H3/b23-21-. The van der Waals surface area contributed by atoms with Gasteiger partial charge in [0.15, 0.2) is 11.5 Å². The third-order valence-electron chi connectivity index (χ3n) is 4.04. The van der Waals surface area contributed by atoms with Crippen LogP contribution in [0.3, 0.4) is 0 Å². The molecular formula is C21H22N2O3. The summed E-state index contributed by atoms with van der Waals surface area (Å²) in [5, 5.41) is 8.10. The summed E-state index contributed by atoms with van der Waals surface area (Å²) in [7, 11) is 1.51. The summed E-state index contributed by atoms with van der Waals surface area (Å²) in [5.74, 6) is 1.43. The molecule has 3 aromatic rings. The van der Waals surface area contributed by atoms with Gasteiger partial charge in [0.05, 0.1) is 5.69 Å². The van der Waals surface area contributed by atoms with Crippen LogP contribution >= 0.6 is 0 Å². The van der Waals surface area contributed by atoms with E-state index >= 15 is 0 Å². The molecule has 0 spiro atoms. The van der Waals surface area contributed by atoms with Crippen molar-refractivity contribution < 1.29 is 14.1 Å². The van der Waals surface area contributed by atoms with Gasteiger partial charge in [0.2, 0.25) is 0 Å². The molecule has 0 amide bonds. The van der Waals surface area contributed by atoms with Gasteiger partial charge in [-0.1, -0.05) is 46.7 Å². The van der Waals surface area contributed by atoms with Crippen molar-refractivity contribution in [3.05, 3.63) is 82.2 Å². The maximum atomic E-state index is 6.07. The summed E-state index contributed by atoms with van der Waals surface area (Å²) in [5.41, 5.74) is 5.51. The Morgan fingerprint density at radius 3 is 2.62 bits per heavy atom. The van der Waals surface area contributed by atoms with Crippen LogP contribution in [0.2, 0.25) is 0 Å². The molecule has 0 saturated carbocycles. The van der Waals surface area contributed by atoms with Gasteiger partial charge < -0.3 is 14.1 Å². The molecule has 0 fully saturated rings. The van der Waals surface area contributed by atoms with Gasteiger partial charge in [0.25, 0.3) is 0 Å². The molecule has 0 atom stereocenters. The van der Waals surface area contributed by atoms with Gasteiger partial charge >= 0.3 is 0 Å². The zero-order chi connectivity index (χ0) is 18.5. The first-order valence-electron chi connectivity index (χ1n) is 8.41. The summed E-state index contributed by atoms with van der Waals surface area (Å²) in [4.78, 5) is 5.03. The van der Waals surface area contributed by atoms with Crippen molar-refractivity contribution in [2.45, 2.75) is 27.4 Å². The van der Waals surface area contributed by atoms with E-state index in [9.17, 15) is 0 Å².